The Balaban J connectivity index is 1.99. The molecule has 1 aliphatic heterocycles. The van der Waals surface area contributed by atoms with E-state index in [1.807, 2.05) is 0 Å². The van der Waals surface area contributed by atoms with Crippen molar-refractivity contribution in [2.24, 2.45) is 0 Å². The highest BCUT2D eigenvalue weighted by atomic mass is 35.5. The summed E-state index contributed by atoms with van der Waals surface area (Å²) >= 11 is 6.25. The summed E-state index contributed by atoms with van der Waals surface area (Å²) in [6.07, 6.45) is 4.31. The van der Waals surface area contributed by atoms with Gasteiger partial charge in [-0.1, -0.05) is 11.6 Å². The van der Waals surface area contributed by atoms with Crippen LogP contribution in [0.2, 0.25) is 5.02 Å². The van der Waals surface area contributed by atoms with E-state index < -0.39 is 5.92 Å². The molecule has 0 spiro atoms. The lowest BCUT2D eigenvalue weighted by Gasteiger charge is -2.43. The van der Waals surface area contributed by atoms with Crippen LogP contribution in [-0.2, 0) is 9.59 Å². The summed E-state index contributed by atoms with van der Waals surface area (Å²) < 4.78 is 5.28. The second-order valence-electron chi connectivity index (χ2n) is 7.51. The van der Waals surface area contributed by atoms with Gasteiger partial charge in [0, 0.05) is 47.8 Å². The maximum absolute atomic E-state index is 13.0. The quantitative estimate of drug-likeness (QED) is 0.808. The van der Waals surface area contributed by atoms with Crippen LogP contribution in [0, 0.1) is 0 Å². The van der Waals surface area contributed by atoms with E-state index in [1.165, 1.54) is 7.11 Å². The van der Waals surface area contributed by atoms with Gasteiger partial charge in [0.05, 0.1) is 12.1 Å². The minimum absolute atomic E-state index is 0.0952. The molecular formula is C22H24ClNO4. The molecule has 0 aromatic heterocycles. The molecule has 0 atom stereocenters. The second-order valence-corrected chi connectivity index (χ2v) is 7.91. The Morgan fingerprint density at radius 1 is 1.07 bits per heavy atom. The van der Waals surface area contributed by atoms with E-state index in [1.54, 1.807) is 12.1 Å². The zero-order valence-electron chi connectivity index (χ0n) is 16.2. The molecule has 1 N–H and O–H groups in total. The molecule has 148 valence electrons. The Kier molecular flexibility index (Phi) is 4.96. The SMILES string of the molecule is CCN1C2=C(C(=O)CCC2)C(c2cc(Cl)c(O)c(OC)c2)C2=C1CCCC2=O. The molecular weight excluding hydrogens is 378 g/mol. The fraction of sp³-hybridized carbons (Fsp3) is 0.455. The molecule has 1 aromatic carbocycles. The molecule has 4 rings (SSSR count). The summed E-state index contributed by atoms with van der Waals surface area (Å²) in [7, 11) is 1.46. The van der Waals surface area contributed by atoms with Crippen molar-refractivity contribution in [3.63, 3.8) is 0 Å². The standard InChI is InChI=1S/C22H24ClNO4/c1-3-24-14-6-4-8-16(25)20(14)19(21-15(24)7-5-9-17(21)26)12-10-13(23)22(27)18(11-12)28-2/h10-11,19,27H,3-9H2,1-2H3. The van der Waals surface area contributed by atoms with Gasteiger partial charge in [0.2, 0.25) is 0 Å². The largest absolute Gasteiger partial charge is 0.503 e. The predicted molar refractivity (Wildman–Crippen MR) is 107 cm³/mol. The van der Waals surface area contributed by atoms with E-state index in [9.17, 15) is 14.7 Å². The molecule has 1 aromatic rings. The maximum Gasteiger partial charge on any atom is 0.176 e. The first-order valence-corrected chi connectivity index (χ1v) is 10.2. The molecule has 6 heteroatoms. The topological polar surface area (TPSA) is 66.8 Å². The van der Waals surface area contributed by atoms with Gasteiger partial charge >= 0.3 is 0 Å². The van der Waals surface area contributed by atoms with E-state index in [-0.39, 0.29) is 28.1 Å². The number of Topliss-reactive ketones (excluding diaryl/α,β-unsaturated/α-hetero) is 2. The summed E-state index contributed by atoms with van der Waals surface area (Å²) in [4.78, 5) is 28.2. The summed E-state index contributed by atoms with van der Waals surface area (Å²) in [5.41, 5.74) is 4.23. The Hall–Kier alpha value is -2.27. The Morgan fingerprint density at radius 2 is 1.64 bits per heavy atom. The molecule has 2 aliphatic carbocycles. The van der Waals surface area contributed by atoms with Crippen LogP contribution in [0.1, 0.15) is 56.9 Å². The van der Waals surface area contributed by atoms with Crippen molar-refractivity contribution in [2.45, 2.75) is 51.4 Å². The summed E-state index contributed by atoms with van der Waals surface area (Å²) in [6.45, 7) is 2.80. The van der Waals surface area contributed by atoms with Crippen LogP contribution in [0.15, 0.2) is 34.7 Å². The Labute approximate surface area is 169 Å². The van der Waals surface area contributed by atoms with Crippen molar-refractivity contribution in [1.29, 1.82) is 0 Å². The van der Waals surface area contributed by atoms with Crippen LogP contribution < -0.4 is 4.74 Å². The first-order valence-electron chi connectivity index (χ1n) is 9.84. The first-order chi connectivity index (χ1) is 13.5. The second kappa shape index (κ2) is 7.28. The number of phenols is 1. The smallest absolute Gasteiger partial charge is 0.176 e. The molecule has 0 unspecified atom stereocenters. The maximum atomic E-state index is 13.0. The molecule has 1 heterocycles. The molecule has 0 radical (unpaired) electrons. The lowest BCUT2D eigenvalue weighted by molar-refractivity contribution is -0.117. The van der Waals surface area contributed by atoms with E-state index in [4.69, 9.17) is 16.3 Å². The van der Waals surface area contributed by atoms with Gasteiger partial charge in [-0.05, 0) is 50.3 Å². The van der Waals surface area contributed by atoms with E-state index in [0.29, 0.717) is 24.0 Å². The number of allylic oxidation sites excluding steroid dienone is 4. The van der Waals surface area contributed by atoms with Crippen molar-refractivity contribution in [1.82, 2.24) is 4.90 Å². The summed E-state index contributed by atoms with van der Waals surface area (Å²) in [5.74, 6) is -0.139. The summed E-state index contributed by atoms with van der Waals surface area (Å²) in [5, 5.41) is 10.3. The zero-order chi connectivity index (χ0) is 20.0. The van der Waals surface area contributed by atoms with E-state index >= 15 is 0 Å². The van der Waals surface area contributed by atoms with Gasteiger partial charge < -0.3 is 14.7 Å². The number of hydrogen-bond acceptors (Lipinski definition) is 5. The van der Waals surface area contributed by atoms with Crippen molar-refractivity contribution in [3.8, 4) is 11.5 Å². The number of rotatable bonds is 3. The van der Waals surface area contributed by atoms with Gasteiger partial charge in [0.15, 0.2) is 23.1 Å². The van der Waals surface area contributed by atoms with Crippen LogP contribution in [0.4, 0.5) is 0 Å². The number of carbonyl (C=O) groups excluding carboxylic acids is 2. The number of hydrogen-bond donors (Lipinski definition) is 1. The fourth-order valence-corrected chi connectivity index (χ4v) is 5.07. The molecule has 0 fully saturated rings. The normalized spacial score (nSPS) is 20.5. The number of carbonyl (C=O) groups is 2. The zero-order valence-corrected chi connectivity index (χ0v) is 16.9. The third-order valence-electron chi connectivity index (χ3n) is 6.01. The van der Waals surface area contributed by atoms with E-state index in [2.05, 4.69) is 11.8 Å². The molecule has 5 nitrogen and oxygen atoms in total. The van der Waals surface area contributed by atoms with Crippen molar-refractivity contribution < 1.29 is 19.4 Å². The van der Waals surface area contributed by atoms with Gasteiger partial charge in [0.1, 0.15) is 0 Å². The van der Waals surface area contributed by atoms with Gasteiger partial charge in [-0.15, -0.1) is 0 Å². The molecule has 28 heavy (non-hydrogen) atoms. The van der Waals surface area contributed by atoms with E-state index in [0.717, 1.165) is 49.2 Å². The predicted octanol–water partition coefficient (Wildman–Crippen LogP) is 4.49. The number of phenolic OH excluding ortho intramolecular Hbond substituents is 1. The minimum atomic E-state index is -0.444. The van der Waals surface area contributed by atoms with Crippen molar-refractivity contribution in [2.75, 3.05) is 13.7 Å². The van der Waals surface area contributed by atoms with Crippen LogP contribution >= 0.6 is 11.6 Å². The molecule has 0 amide bonds. The number of nitrogens with zero attached hydrogens (tertiary/aromatic N) is 1. The number of ether oxygens (including phenoxy) is 1. The fourth-order valence-electron chi connectivity index (χ4n) is 4.85. The highest BCUT2D eigenvalue weighted by Gasteiger charge is 2.43. The number of benzene rings is 1. The summed E-state index contributed by atoms with van der Waals surface area (Å²) in [6, 6.07) is 3.36. The molecule has 0 saturated heterocycles. The molecule has 0 saturated carbocycles. The monoisotopic (exact) mass is 401 g/mol. The average molecular weight is 402 g/mol. The number of ketones is 2. The van der Waals surface area contributed by atoms with Gasteiger partial charge in [-0.2, -0.15) is 0 Å². The van der Waals surface area contributed by atoms with Crippen LogP contribution in [0.5, 0.6) is 11.5 Å². The average Bonchev–Trinajstić information content (AvgIpc) is 2.69. The third kappa shape index (κ3) is 2.84. The number of halogens is 1. The Morgan fingerprint density at radius 3 is 2.14 bits per heavy atom. The van der Waals surface area contributed by atoms with Crippen LogP contribution in [-0.4, -0.2) is 35.2 Å². The highest BCUT2D eigenvalue weighted by molar-refractivity contribution is 6.32. The third-order valence-corrected chi connectivity index (χ3v) is 6.29. The van der Waals surface area contributed by atoms with Gasteiger partial charge in [0.25, 0.3) is 0 Å². The lowest BCUT2D eigenvalue weighted by Crippen LogP contribution is -2.39. The number of methoxy groups -OCH3 is 1. The van der Waals surface area contributed by atoms with Crippen molar-refractivity contribution in [3.05, 3.63) is 45.3 Å². The first kappa shape index (κ1) is 19.1. The highest BCUT2D eigenvalue weighted by Crippen LogP contribution is 2.50. The van der Waals surface area contributed by atoms with Crippen molar-refractivity contribution >= 4 is 23.2 Å². The Bertz CT molecular complexity index is 887. The lowest BCUT2D eigenvalue weighted by atomic mass is 9.71. The van der Waals surface area contributed by atoms with Crippen LogP contribution in [0.3, 0.4) is 0 Å². The van der Waals surface area contributed by atoms with Gasteiger partial charge in [-0.3, -0.25) is 9.59 Å². The van der Waals surface area contributed by atoms with Crippen LogP contribution in [0.25, 0.3) is 0 Å². The minimum Gasteiger partial charge on any atom is -0.503 e. The molecule has 3 aliphatic rings. The molecule has 0 bridgehead atoms. The van der Waals surface area contributed by atoms with Gasteiger partial charge in [-0.25, -0.2) is 0 Å². The number of aromatic hydroxyl groups is 1.